The highest BCUT2D eigenvalue weighted by Crippen LogP contribution is 2.26. The zero-order chi connectivity index (χ0) is 14.8. The molecule has 0 unspecified atom stereocenters. The lowest BCUT2D eigenvalue weighted by Crippen LogP contribution is -2.20. The zero-order valence-electron chi connectivity index (χ0n) is 12.4. The Hall–Kier alpha value is -2.11. The molecule has 0 aliphatic carbocycles. The van der Waals surface area contributed by atoms with E-state index in [0.717, 1.165) is 34.7 Å². The minimum Gasteiger partial charge on any atom is -0.459 e. The third-order valence-corrected chi connectivity index (χ3v) is 3.73. The number of nitrogens with zero attached hydrogens (tertiary/aromatic N) is 3. The first-order valence-electron chi connectivity index (χ1n) is 7.03. The van der Waals surface area contributed by atoms with Crippen LogP contribution in [0.5, 0.6) is 0 Å². The lowest BCUT2D eigenvalue weighted by Gasteiger charge is -2.15. The van der Waals surface area contributed by atoms with Gasteiger partial charge in [0.15, 0.2) is 0 Å². The van der Waals surface area contributed by atoms with Gasteiger partial charge in [-0.25, -0.2) is 4.98 Å². The molecular formula is C16H20N4O. The average molecular weight is 284 g/mol. The van der Waals surface area contributed by atoms with Crippen molar-refractivity contribution in [2.24, 2.45) is 12.8 Å². The van der Waals surface area contributed by atoms with Crippen molar-refractivity contribution in [2.45, 2.75) is 19.6 Å². The smallest absolute Gasteiger partial charge is 0.134 e. The van der Waals surface area contributed by atoms with Crippen LogP contribution in [0.2, 0.25) is 0 Å². The van der Waals surface area contributed by atoms with Crippen LogP contribution in [0.1, 0.15) is 17.1 Å². The molecule has 0 atom stereocenters. The van der Waals surface area contributed by atoms with Crippen LogP contribution in [-0.2, 0) is 26.7 Å². The molecule has 0 bridgehead atoms. The van der Waals surface area contributed by atoms with E-state index in [1.54, 1.807) is 0 Å². The maximum absolute atomic E-state index is 5.96. The summed E-state index contributed by atoms with van der Waals surface area (Å²) in [6.07, 6.45) is 3.77. The van der Waals surface area contributed by atoms with E-state index in [-0.39, 0.29) is 0 Å². The van der Waals surface area contributed by atoms with Crippen LogP contribution in [-0.4, -0.2) is 21.5 Å². The molecular weight excluding hydrogens is 264 g/mol. The molecule has 0 saturated carbocycles. The van der Waals surface area contributed by atoms with Gasteiger partial charge in [-0.15, -0.1) is 0 Å². The predicted octanol–water partition coefficient (Wildman–Crippen LogP) is 2.26. The lowest BCUT2D eigenvalue weighted by atomic mass is 10.1. The number of nitrogens with two attached hydrogens (primary N) is 1. The molecule has 0 saturated heterocycles. The highest BCUT2D eigenvalue weighted by atomic mass is 16.3. The van der Waals surface area contributed by atoms with Crippen LogP contribution in [0.25, 0.3) is 11.0 Å². The largest absolute Gasteiger partial charge is 0.459 e. The Balaban J connectivity index is 1.82. The van der Waals surface area contributed by atoms with E-state index < -0.39 is 0 Å². The predicted molar refractivity (Wildman–Crippen MR) is 82.5 cm³/mol. The molecule has 0 amide bonds. The third-order valence-electron chi connectivity index (χ3n) is 3.73. The van der Waals surface area contributed by atoms with Gasteiger partial charge in [-0.2, -0.15) is 0 Å². The summed E-state index contributed by atoms with van der Waals surface area (Å²) in [6.45, 7) is 1.97. The van der Waals surface area contributed by atoms with Crippen molar-refractivity contribution in [1.29, 1.82) is 0 Å². The van der Waals surface area contributed by atoms with Crippen molar-refractivity contribution in [3.05, 3.63) is 53.8 Å². The Kier molecular flexibility index (Phi) is 3.77. The van der Waals surface area contributed by atoms with Gasteiger partial charge in [-0.1, -0.05) is 18.2 Å². The first kappa shape index (κ1) is 13.9. The standard InChI is InChI=1S/C16H20N4O/c1-19(11-16-18-7-8-20(16)2)10-15-13(9-17)12-5-3-4-6-14(12)21-15/h3-8H,9-11,17H2,1-2H3. The molecule has 2 N–H and O–H groups in total. The SMILES string of the molecule is CN(Cc1oc2ccccc2c1CN)Cc1nccn1C. The van der Waals surface area contributed by atoms with E-state index >= 15 is 0 Å². The number of fused-ring (bicyclic) bond motifs is 1. The molecule has 0 aliphatic heterocycles. The van der Waals surface area contributed by atoms with E-state index in [0.29, 0.717) is 13.1 Å². The molecule has 110 valence electrons. The average Bonchev–Trinajstić information content (AvgIpc) is 3.02. The molecule has 2 aromatic heterocycles. The minimum absolute atomic E-state index is 0.489. The maximum atomic E-state index is 5.96. The van der Waals surface area contributed by atoms with Gasteiger partial charge in [-0.05, 0) is 13.1 Å². The van der Waals surface area contributed by atoms with Crippen LogP contribution in [0.4, 0.5) is 0 Å². The van der Waals surface area contributed by atoms with E-state index in [1.807, 2.05) is 42.2 Å². The number of hydrogen-bond acceptors (Lipinski definition) is 4. The normalized spacial score (nSPS) is 11.6. The van der Waals surface area contributed by atoms with Crippen LogP contribution in [0, 0.1) is 0 Å². The van der Waals surface area contributed by atoms with Gasteiger partial charge in [0, 0.05) is 36.9 Å². The van der Waals surface area contributed by atoms with Gasteiger partial charge < -0.3 is 14.7 Å². The van der Waals surface area contributed by atoms with E-state index in [4.69, 9.17) is 10.2 Å². The second-order valence-electron chi connectivity index (χ2n) is 5.33. The van der Waals surface area contributed by atoms with Crippen molar-refractivity contribution in [1.82, 2.24) is 14.5 Å². The van der Waals surface area contributed by atoms with Gasteiger partial charge in [0.1, 0.15) is 17.2 Å². The number of benzene rings is 1. The van der Waals surface area contributed by atoms with Crippen LogP contribution in [0.3, 0.4) is 0 Å². The van der Waals surface area contributed by atoms with Crippen molar-refractivity contribution in [3.8, 4) is 0 Å². The van der Waals surface area contributed by atoms with Gasteiger partial charge in [0.05, 0.1) is 13.1 Å². The van der Waals surface area contributed by atoms with E-state index in [9.17, 15) is 0 Å². The zero-order valence-corrected chi connectivity index (χ0v) is 12.4. The molecule has 0 fully saturated rings. The molecule has 3 rings (SSSR count). The van der Waals surface area contributed by atoms with Gasteiger partial charge >= 0.3 is 0 Å². The first-order chi connectivity index (χ1) is 10.2. The molecule has 5 nitrogen and oxygen atoms in total. The summed E-state index contributed by atoms with van der Waals surface area (Å²) < 4.78 is 7.99. The van der Waals surface area contributed by atoms with Gasteiger partial charge in [-0.3, -0.25) is 4.90 Å². The second-order valence-corrected chi connectivity index (χ2v) is 5.33. The summed E-state index contributed by atoms with van der Waals surface area (Å²) in [5.41, 5.74) is 7.90. The molecule has 0 aliphatic rings. The van der Waals surface area contributed by atoms with Crippen LogP contribution < -0.4 is 5.73 Å². The molecule has 0 radical (unpaired) electrons. The lowest BCUT2D eigenvalue weighted by molar-refractivity contribution is 0.280. The molecule has 2 heterocycles. The number of aryl methyl sites for hydroxylation is 1. The van der Waals surface area contributed by atoms with Crippen molar-refractivity contribution in [2.75, 3.05) is 7.05 Å². The number of aromatic nitrogens is 2. The number of imidazole rings is 1. The van der Waals surface area contributed by atoms with E-state index in [2.05, 4.69) is 23.0 Å². The summed E-state index contributed by atoms with van der Waals surface area (Å²) in [5.74, 6) is 1.97. The minimum atomic E-state index is 0.489. The summed E-state index contributed by atoms with van der Waals surface area (Å²) in [5, 5.41) is 1.11. The summed E-state index contributed by atoms with van der Waals surface area (Å²) in [7, 11) is 4.06. The Morgan fingerprint density at radius 3 is 2.81 bits per heavy atom. The highest BCUT2D eigenvalue weighted by Gasteiger charge is 2.15. The van der Waals surface area contributed by atoms with E-state index in [1.165, 1.54) is 0 Å². The van der Waals surface area contributed by atoms with Crippen molar-refractivity contribution >= 4 is 11.0 Å². The topological polar surface area (TPSA) is 60.2 Å². The maximum Gasteiger partial charge on any atom is 0.134 e. The quantitative estimate of drug-likeness (QED) is 0.780. The molecule has 0 spiro atoms. The Bertz CT molecular complexity index is 744. The molecule has 3 aromatic rings. The fourth-order valence-electron chi connectivity index (χ4n) is 2.59. The van der Waals surface area contributed by atoms with Crippen molar-refractivity contribution < 1.29 is 4.42 Å². The Morgan fingerprint density at radius 1 is 1.29 bits per heavy atom. The second kappa shape index (κ2) is 5.71. The summed E-state index contributed by atoms with van der Waals surface area (Å²) in [6, 6.07) is 8.03. The highest BCUT2D eigenvalue weighted by molar-refractivity contribution is 5.82. The number of rotatable bonds is 5. The molecule has 21 heavy (non-hydrogen) atoms. The monoisotopic (exact) mass is 284 g/mol. The summed E-state index contributed by atoms with van der Waals surface area (Å²) >= 11 is 0. The van der Waals surface area contributed by atoms with Crippen LogP contribution >= 0.6 is 0 Å². The number of furan rings is 1. The van der Waals surface area contributed by atoms with Gasteiger partial charge in [0.2, 0.25) is 0 Å². The first-order valence-corrected chi connectivity index (χ1v) is 7.03. The summed E-state index contributed by atoms with van der Waals surface area (Å²) in [4.78, 5) is 6.53. The fourth-order valence-corrected chi connectivity index (χ4v) is 2.59. The fraction of sp³-hybridized carbons (Fsp3) is 0.312. The molecule has 5 heteroatoms. The van der Waals surface area contributed by atoms with Crippen molar-refractivity contribution in [3.63, 3.8) is 0 Å². The van der Waals surface area contributed by atoms with Gasteiger partial charge in [0.25, 0.3) is 0 Å². The number of hydrogen-bond donors (Lipinski definition) is 1. The molecule has 1 aromatic carbocycles. The number of para-hydroxylation sites is 1. The van der Waals surface area contributed by atoms with Crippen LogP contribution in [0.15, 0.2) is 41.1 Å². The third kappa shape index (κ3) is 2.70. The Morgan fingerprint density at radius 2 is 2.10 bits per heavy atom. The Labute approximate surface area is 124 Å².